The van der Waals surface area contributed by atoms with Crippen molar-refractivity contribution in [2.24, 2.45) is 0 Å². The quantitative estimate of drug-likeness (QED) is 0.677. The van der Waals surface area contributed by atoms with Crippen LogP contribution in [0.2, 0.25) is 0 Å². The average Bonchev–Trinajstić information content (AvgIpc) is 3.33. The van der Waals surface area contributed by atoms with Crippen LogP contribution < -0.4 is 10.2 Å². The highest BCUT2D eigenvalue weighted by atomic mass is 16.2. The Morgan fingerprint density at radius 2 is 1.69 bits per heavy atom. The van der Waals surface area contributed by atoms with Crippen LogP contribution in [0.5, 0.6) is 0 Å². The lowest BCUT2D eigenvalue weighted by Gasteiger charge is -2.32. The molecule has 1 saturated heterocycles. The summed E-state index contributed by atoms with van der Waals surface area (Å²) in [6.45, 7) is 3.31. The van der Waals surface area contributed by atoms with E-state index in [1.165, 1.54) is 6.92 Å². The van der Waals surface area contributed by atoms with E-state index in [9.17, 15) is 9.59 Å². The van der Waals surface area contributed by atoms with Gasteiger partial charge in [0.1, 0.15) is 0 Å². The molecule has 2 aliphatic rings. The number of para-hydroxylation sites is 2. The molecule has 0 radical (unpaired) electrons. The monoisotopic (exact) mass is 427 g/mol. The third kappa shape index (κ3) is 3.82. The molecule has 1 N–H and O–H groups in total. The first-order valence-corrected chi connectivity index (χ1v) is 11.0. The zero-order valence-electron chi connectivity index (χ0n) is 18.0. The van der Waals surface area contributed by atoms with E-state index in [1.54, 1.807) is 11.1 Å². The Kier molecular flexibility index (Phi) is 5.31. The van der Waals surface area contributed by atoms with Gasteiger partial charge in [0, 0.05) is 26.2 Å². The maximum Gasteiger partial charge on any atom is 0.228 e. The second kappa shape index (κ2) is 8.42. The van der Waals surface area contributed by atoms with Gasteiger partial charge in [-0.25, -0.2) is 9.97 Å². The Hall–Kier alpha value is -3.74. The molecule has 1 atom stereocenters. The smallest absolute Gasteiger partial charge is 0.228 e. The van der Waals surface area contributed by atoms with Gasteiger partial charge in [0.25, 0.3) is 0 Å². The summed E-state index contributed by atoms with van der Waals surface area (Å²) in [5, 5.41) is 3.00. The van der Waals surface area contributed by atoms with Crippen LogP contribution in [-0.2, 0) is 9.59 Å². The zero-order valence-corrected chi connectivity index (χ0v) is 18.0. The van der Waals surface area contributed by atoms with Crippen molar-refractivity contribution in [3.63, 3.8) is 0 Å². The molecule has 5 rings (SSSR count). The molecule has 1 aromatic heterocycles. The van der Waals surface area contributed by atoms with Crippen LogP contribution in [0.4, 0.5) is 11.6 Å². The number of carbonyl (C=O) groups is 2. The first kappa shape index (κ1) is 20.2. The second-order valence-electron chi connectivity index (χ2n) is 8.22. The summed E-state index contributed by atoms with van der Waals surface area (Å²) in [7, 11) is 0. The largest absolute Gasteiger partial charge is 0.354 e. The maximum absolute atomic E-state index is 13.2. The molecule has 3 heterocycles. The minimum atomic E-state index is -0.364. The maximum atomic E-state index is 13.2. The summed E-state index contributed by atoms with van der Waals surface area (Å²) >= 11 is 0. The fraction of sp³-hybridized carbons (Fsp3) is 0.280. The molecule has 32 heavy (non-hydrogen) atoms. The van der Waals surface area contributed by atoms with Gasteiger partial charge in [-0.05, 0) is 42.2 Å². The highest BCUT2D eigenvalue weighted by Crippen LogP contribution is 2.34. The lowest BCUT2D eigenvalue weighted by molar-refractivity contribution is -0.129. The van der Waals surface area contributed by atoms with Crippen molar-refractivity contribution in [1.82, 2.24) is 14.9 Å². The van der Waals surface area contributed by atoms with E-state index in [1.807, 2.05) is 54.6 Å². The fourth-order valence-corrected chi connectivity index (χ4v) is 4.50. The molecule has 3 aromatic rings. The fourth-order valence-electron chi connectivity index (χ4n) is 4.50. The molecule has 0 saturated carbocycles. The number of benzene rings is 2. The summed E-state index contributed by atoms with van der Waals surface area (Å²) in [5.41, 5.74) is 3.53. The van der Waals surface area contributed by atoms with Crippen LogP contribution >= 0.6 is 0 Å². The highest BCUT2D eigenvalue weighted by molar-refractivity contribution is 5.95. The van der Waals surface area contributed by atoms with E-state index in [0.29, 0.717) is 11.6 Å². The van der Waals surface area contributed by atoms with Gasteiger partial charge in [0.05, 0.1) is 23.5 Å². The van der Waals surface area contributed by atoms with E-state index in [0.717, 1.165) is 48.1 Å². The molecule has 2 aromatic carbocycles. The average molecular weight is 428 g/mol. The van der Waals surface area contributed by atoms with Crippen LogP contribution in [0.25, 0.3) is 17.1 Å². The van der Waals surface area contributed by atoms with Gasteiger partial charge < -0.3 is 15.1 Å². The third-order valence-corrected chi connectivity index (χ3v) is 6.06. The molecule has 162 valence electrons. The van der Waals surface area contributed by atoms with E-state index in [-0.39, 0.29) is 24.3 Å². The summed E-state index contributed by atoms with van der Waals surface area (Å²) in [6, 6.07) is 15.2. The Morgan fingerprint density at radius 1 is 1.00 bits per heavy atom. The van der Waals surface area contributed by atoms with Crippen molar-refractivity contribution in [1.29, 1.82) is 0 Å². The molecule has 2 amide bonds. The predicted molar refractivity (Wildman–Crippen MR) is 125 cm³/mol. The van der Waals surface area contributed by atoms with Gasteiger partial charge in [0.2, 0.25) is 11.8 Å². The van der Waals surface area contributed by atoms with Crippen molar-refractivity contribution in [2.75, 3.05) is 23.3 Å². The number of nitrogens with zero attached hydrogens (tertiary/aromatic N) is 4. The number of nitrogens with one attached hydrogen (secondary N) is 1. The molecule has 7 nitrogen and oxygen atoms in total. The van der Waals surface area contributed by atoms with Crippen LogP contribution in [-0.4, -0.2) is 39.8 Å². The Labute approximate surface area is 186 Å². The predicted octanol–water partition coefficient (Wildman–Crippen LogP) is 4.13. The summed E-state index contributed by atoms with van der Waals surface area (Å²) < 4.78 is 0. The van der Waals surface area contributed by atoms with Crippen molar-refractivity contribution in [3.05, 3.63) is 65.9 Å². The van der Waals surface area contributed by atoms with E-state index < -0.39 is 0 Å². The topological polar surface area (TPSA) is 78.4 Å². The first-order chi connectivity index (χ1) is 15.6. The Morgan fingerprint density at radius 3 is 2.44 bits per heavy atom. The molecule has 1 fully saturated rings. The molecule has 0 spiro atoms. The van der Waals surface area contributed by atoms with Crippen LogP contribution in [0.3, 0.4) is 0 Å². The lowest BCUT2D eigenvalue weighted by Crippen LogP contribution is -2.33. The minimum absolute atomic E-state index is 0.100. The summed E-state index contributed by atoms with van der Waals surface area (Å²) in [5.74, 6) is 0.889. The van der Waals surface area contributed by atoms with Gasteiger partial charge in [-0.3, -0.25) is 9.59 Å². The second-order valence-corrected chi connectivity index (χ2v) is 8.22. The van der Waals surface area contributed by atoms with E-state index in [4.69, 9.17) is 9.97 Å². The first-order valence-electron chi connectivity index (χ1n) is 11.0. The molecular weight excluding hydrogens is 402 g/mol. The molecular formula is C25H25N5O2. The third-order valence-electron chi connectivity index (χ3n) is 6.06. The van der Waals surface area contributed by atoms with Gasteiger partial charge in [-0.2, -0.15) is 0 Å². The molecule has 2 aliphatic heterocycles. The SMILES string of the molecule is CC(=O)N1C=Cc2ccccc2C1CC(=O)Nc1nc2ccccc2nc1N1CCCC1. The van der Waals surface area contributed by atoms with Gasteiger partial charge in [0.15, 0.2) is 11.6 Å². The standard InChI is InChI=1S/C25H25N5O2/c1-17(31)30-15-12-18-8-2-3-9-19(18)22(30)16-23(32)28-24-25(29-13-6-7-14-29)27-21-11-5-4-10-20(21)26-24/h2-5,8-12,15,22H,6-7,13-14,16H2,1H3,(H,26,28,32). The Balaban J connectivity index is 1.45. The number of carbonyl (C=O) groups excluding carboxylic acids is 2. The number of hydrogen-bond acceptors (Lipinski definition) is 5. The minimum Gasteiger partial charge on any atom is -0.354 e. The lowest BCUT2D eigenvalue weighted by atomic mass is 9.93. The molecule has 0 bridgehead atoms. The number of fused-ring (bicyclic) bond motifs is 2. The van der Waals surface area contributed by atoms with Gasteiger partial charge in [-0.1, -0.05) is 36.4 Å². The van der Waals surface area contributed by atoms with Crippen molar-refractivity contribution >= 4 is 40.6 Å². The van der Waals surface area contributed by atoms with Gasteiger partial charge >= 0.3 is 0 Å². The van der Waals surface area contributed by atoms with Crippen LogP contribution in [0, 0.1) is 0 Å². The number of rotatable bonds is 4. The Bertz CT molecular complexity index is 1220. The van der Waals surface area contributed by atoms with E-state index in [2.05, 4.69) is 10.2 Å². The van der Waals surface area contributed by atoms with Crippen molar-refractivity contribution < 1.29 is 9.59 Å². The van der Waals surface area contributed by atoms with Crippen molar-refractivity contribution in [3.8, 4) is 0 Å². The summed E-state index contributed by atoms with van der Waals surface area (Å²) in [6.07, 6.45) is 6.00. The van der Waals surface area contributed by atoms with Crippen LogP contribution in [0.15, 0.2) is 54.7 Å². The number of hydrogen-bond donors (Lipinski definition) is 1. The number of anilines is 2. The van der Waals surface area contributed by atoms with Gasteiger partial charge in [-0.15, -0.1) is 0 Å². The molecule has 7 heteroatoms. The molecule has 1 unspecified atom stereocenters. The van der Waals surface area contributed by atoms with Crippen LogP contribution in [0.1, 0.15) is 43.4 Å². The summed E-state index contributed by atoms with van der Waals surface area (Å²) in [4.78, 5) is 38.8. The van der Waals surface area contributed by atoms with Crippen molar-refractivity contribution in [2.45, 2.75) is 32.2 Å². The highest BCUT2D eigenvalue weighted by Gasteiger charge is 2.29. The number of amides is 2. The van der Waals surface area contributed by atoms with E-state index >= 15 is 0 Å². The molecule has 0 aliphatic carbocycles. The normalized spacial score (nSPS) is 17.5. The number of aromatic nitrogens is 2. The zero-order chi connectivity index (χ0) is 22.1.